The van der Waals surface area contributed by atoms with E-state index in [9.17, 15) is 9.59 Å². The molecule has 1 amide bonds. The summed E-state index contributed by atoms with van der Waals surface area (Å²) in [6.45, 7) is 4.69. The van der Waals surface area contributed by atoms with Gasteiger partial charge in [-0.05, 0) is 52.2 Å². The van der Waals surface area contributed by atoms with Crippen molar-refractivity contribution in [3.63, 3.8) is 0 Å². The van der Waals surface area contributed by atoms with E-state index in [1.807, 2.05) is 0 Å². The van der Waals surface area contributed by atoms with Crippen LogP contribution in [-0.4, -0.2) is 61.6 Å². The summed E-state index contributed by atoms with van der Waals surface area (Å²) in [6, 6.07) is -0.184. The molecule has 2 fully saturated rings. The summed E-state index contributed by atoms with van der Waals surface area (Å²) in [5, 5.41) is 6.12. The fraction of sp³-hybridized carbons (Fsp3) is 0.857. The lowest BCUT2D eigenvalue weighted by Gasteiger charge is -2.35. The second-order valence-corrected chi connectivity index (χ2v) is 5.63. The van der Waals surface area contributed by atoms with Crippen LogP contribution in [0, 0.1) is 0 Å². The first kappa shape index (κ1) is 15.3. The van der Waals surface area contributed by atoms with E-state index in [0.29, 0.717) is 6.04 Å². The average Bonchev–Trinajstić information content (AvgIpc) is 2.96. The number of nitrogens with one attached hydrogen (secondary N) is 2. The number of nitrogens with zero attached hydrogens (tertiary/aromatic N) is 1. The zero-order chi connectivity index (χ0) is 14.5. The number of ether oxygens (including phenoxy) is 1. The van der Waals surface area contributed by atoms with Crippen molar-refractivity contribution in [1.29, 1.82) is 0 Å². The number of hydrogen-bond acceptors (Lipinski definition) is 5. The molecule has 6 nitrogen and oxygen atoms in total. The lowest BCUT2D eigenvalue weighted by Crippen LogP contribution is -2.53. The summed E-state index contributed by atoms with van der Waals surface area (Å²) >= 11 is 0. The van der Waals surface area contributed by atoms with Crippen molar-refractivity contribution in [2.24, 2.45) is 0 Å². The second-order valence-electron chi connectivity index (χ2n) is 5.63. The Balaban J connectivity index is 1.92. The Kier molecular flexibility index (Phi) is 5.37. The van der Waals surface area contributed by atoms with Gasteiger partial charge in [0.1, 0.15) is 6.04 Å². The number of likely N-dealkylation sites (tertiary alicyclic amines) is 1. The van der Waals surface area contributed by atoms with Gasteiger partial charge < -0.3 is 15.4 Å². The van der Waals surface area contributed by atoms with Crippen LogP contribution in [-0.2, 0) is 14.3 Å². The number of carbonyl (C=O) groups excluding carboxylic acids is 2. The first-order valence-electron chi connectivity index (χ1n) is 7.48. The minimum absolute atomic E-state index is 0.0427. The molecule has 0 aliphatic carbocycles. The first-order valence-corrected chi connectivity index (χ1v) is 7.48. The molecule has 6 heteroatoms. The third-order valence-corrected chi connectivity index (χ3v) is 4.29. The van der Waals surface area contributed by atoms with Gasteiger partial charge >= 0.3 is 5.97 Å². The number of rotatable bonds is 4. The summed E-state index contributed by atoms with van der Waals surface area (Å²) in [6.07, 6.45) is 4.12. The van der Waals surface area contributed by atoms with E-state index in [4.69, 9.17) is 0 Å². The third kappa shape index (κ3) is 3.49. The molecule has 2 rings (SSSR count). The molecule has 114 valence electrons. The van der Waals surface area contributed by atoms with Gasteiger partial charge in [0.25, 0.3) is 0 Å². The summed E-state index contributed by atoms with van der Waals surface area (Å²) < 4.78 is 4.64. The van der Waals surface area contributed by atoms with Crippen molar-refractivity contribution in [1.82, 2.24) is 15.5 Å². The maximum absolute atomic E-state index is 12.4. The molecule has 2 saturated heterocycles. The van der Waals surface area contributed by atoms with E-state index in [1.165, 1.54) is 7.11 Å². The van der Waals surface area contributed by atoms with E-state index >= 15 is 0 Å². The highest BCUT2D eigenvalue weighted by atomic mass is 16.5. The van der Waals surface area contributed by atoms with Gasteiger partial charge in [-0.25, -0.2) is 4.79 Å². The molecule has 2 heterocycles. The van der Waals surface area contributed by atoms with Crippen molar-refractivity contribution in [3.05, 3.63) is 0 Å². The van der Waals surface area contributed by atoms with Gasteiger partial charge in [0.15, 0.2) is 0 Å². The fourth-order valence-electron chi connectivity index (χ4n) is 3.19. The molecule has 2 aliphatic heterocycles. The molecular weight excluding hydrogens is 258 g/mol. The second kappa shape index (κ2) is 7.04. The molecule has 0 bridgehead atoms. The van der Waals surface area contributed by atoms with Gasteiger partial charge in [-0.3, -0.25) is 9.69 Å². The highest BCUT2D eigenvalue weighted by Crippen LogP contribution is 2.24. The average molecular weight is 283 g/mol. The van der Waals surface area contributed by atoms with E-state index in [1.54, 1.807) is 6.92 Å². The number of hydrogen-bond donors (Lipinski definition) is 2. The molecule has 2 unspecified atom stereocenters. The van der Waals surface area contributed by atoms with Gasteiger partial charge in [0.2, 0.25) is 5.91 Å². The Morgan fingerprint density at radius 2 is 2.00 bits per heavy atom. The van der Waals surface area contributed by atoms with E-state index in [2.05, 4.69) is 20.3 Å². The minimum atomic E-state index is -0.581. The van der Waals surface area contributed by atoms with Gasteiger partial charge in [0, 0.05) is 6.04 Å². The third-order valence-electron chi connectivity index (χ3n) is 4.29. The van der Waals surface area contributed by atoms with Gasteiger partial charge in [-0.1, -0.05) is 0 Å². The molecule has 0 aromatic heterocycles. The number of carbonyl (C=O) groups is 2. The fourth-order valence-corrected chi connectivity index (χ4v) is 3.19. The first-order chi connectivity index (χ1) is 9.63. The zero-order valence-electron chi connectivity index (χ0n) is 12.4. The molecule has 2 aliphatic rings. The lowest BCUT2D eigenvalue weighted by atomic mass is 10.0. The van der Waals surface area contributed by atoms with E-state index in [0.717, 1.165) is 45.3 Å². The van der Waals surface area contributed by atoms with Gasteiger partial charge in [-0.2, -0.15) is 0 Å². The van der Waals surface area contributed by atoms with Crippen LogP contribution in [0.1, 0.15) is 32.6 Å². The summed E-state index contributed by atoms with van der Waals surface area (Å²) in [5.41, 5.74) is 0. The molecule has 2 N–H and O–H groups in total. The largest absolute Gasteiger partial charge is 0.467 e. The number of piperidine rings is 1. The molecule has 0 radical (unpaired) electrons. The normalized spacial score (nSPS) is 26.2. The van der Waals surface area contributed by atoms with Crippen LogP contribution in [0.15, 0.2) is 0 Å². The van der Waals surface area contributed by atoms with Crippen LogP contribution in [0.3, 0.4) is 0 Å². The molecule has 0 spiro atoms. The molecule has 0 aromatic rings. The highest BCUT2D eigenvalue weighted by molar-refractivity contribution is 5.87. The highest BCUT2D eigenvalue weighted by Gasteiger charge is 2.36. The number of amides is 1. The van der Waals surface area contributed by atoms with Crippen LogP contribution in [0.2, 0.25) is 0 Å². The monoisotopic (exact) mass is 283 g/mol. The predicted octanol–water partition coefficient (Wildman–Crippen LogP) is -0.119. The number of methoxy groups -OCH3 is 1. The Bertz CT molecular complexity index is 356. The van der Waals surface area contributed by atoms with E-state index in [-0.39, 0.29) is 11.9 Å². The van der Waals surface area contributed by atoms with Gasteiger partial charge in [-0.15, -0.1) is 0 Å². The summed E-state index contributed by atoms with van der Waals surface area (Å²) in [4.78, 5) is 26.1. The van der Waals surface area contributed by atoms with Crippen LogP contribution in [0.4, 0.5) is 0 Å². The predicted molar refractivity (Wildman–Crippen MR) is 75.2 cm³/mol. The van der Waals surface area contributed by atoms with Crippen molar-refractivity contribution >= 4 is 11.9 Å². The molecule has 2 atom stereocenters. The standard InChI is InChI=1S/C14H25N3O3/c1-10(14(19)20-2)16-13(18)12-4-3-9-17(12)11-5-7-15-8-6-11/h10-12,15H,3-9H2,1-2H3,(H,16,18). The topological polar surface area (TPSA) is 70.7 Å². The van der Waals surface area contributed by atoms with Crippen molar-refractivity contribution in [3.8, 4) is 0 Å². The Labute approximate surface area is 120 Å². The van der Waals surface area contributed by atoms with Crippen molar-refractivity contribution in [2.45, 2.75) is 50.7 Å². The smallest absolute Gasteiger partial charge is 0.328 e. The Morgan fingerprint density at radius 1 is 1.30 bits per heavy atom. The van der Waals surface area contributed by atoms with Crippen molar-refractivity contribution < 1.29 is 14.3 Å². The Morgan fingerprint density at radius 3 is 2.65 bits per heavy atom. The van der Waals surface area contributed by atoms with Crippen molar-refractivity contribution in [2.75, 3.05) is 26.7 Å². The summed E-state index contributed by atoms with van der Waals surface area (Å²) in [7, 11) is 1.34. The van der Waals surface area contributed by atoms with Crippen LogP contribution in [0.25, 0.3) is 0 Å². The van der Waals surface area contributed by atoms with Crippen LogP contribution < -0.4 is 10.6 Å². The molecule has 0 aromatic carbocycles. The summed E-state index contributed by atoms with van der Waals surface area (Å²) in [5.74, 6) is -0.441. The van der Waals surface area contributed by atoms with Crippen LogP contribution >= 0.6 is 0 Å². The maximum Gasteiger partial charge on any atom is 0.328 e. The zero-order valence-corrected chi connectivity index (χ0v) is 12.4. The number of esters is 1. The van der Waals surface area contributed by atoms with Gasteiger partial charge in [0.05, 0.1) is 13.2 Å². The maximum atomic E-state index is 12.4. The molecule has 20 heavy (non-hydrogen) atoms. The van der Waals surface area contributed by atoms with E-state index < -0.39 is 12.0 Å². The minimum Gasteiger partial charge on any atom is -0.467 e. The lowest BCUT2D eigenvalue weighted by molar-refractivity contribution is -0.145. The molecule has 0 saturated carbocycles. The Hall–Kier alpha value is -1.14. The SMILES string of the molecule is COC(=O)C(C)NC(=O)C1CCCN1C1CCNCC1. The van der Waals surface area contributed by atoms with Crippen LogP contribution in [0.5, 0.6) is 0 Å². The molecular formula is C14H25N3O3. The quantitative estimate of drug-likeness (QED) is 0.704.